The van der Waals surface area contributed by atoms with Gasteiger partial charge in [0.25, 0.3) is 5.92 Å². The molecule has 1 fully saturated rings. The molecule has 9 heteroatoms. The fourth-order valence-corrected chi connectivity index (χ4v) is 2.92. The molecular formula is C18H20ClF2N5O. The van der Waals surface area contributed by atoms with E-state index in [1.807, 2.05) is 0 Å². The van der Waals surface area contributed by atoms with Gasteiger partial charge in [0.1, 0.15) is 11.7 Å². The van der Waals surface area contributed by atoms with Crippen molar-refractivity contribution in [3.8, 4) is 0 Å². The van der Waals surface area contributed by atoms with E-state index in [2.05, 4.69) is 15.0 Å². The van der Waals surface area contributed by atoms with Crippen LogP contribution < -0.4 is 5.73 Å². The van der Waals surface area contributed by atoms with Crippen molar-refractivity contribution in [2.45, 2.75) is 5.92 Å². The van der Waals surface area contributed by atoms with Gasteiger partial charge in [0.05, 0.1) is 30.8 Å². The van der Waals surface area contributed by atoms with Crippen LogP contribution in [0.15, 0.2) is 35.6 Å². The quantitative estimate of drug-likeness (QED) is 0.601. The van der Waals surface area contributed by atoms with Gasteiger partial charge < -0.3 is 10.5 Å². The highest BCUT2D eigenvalue weighted by atomic mass is 35.5. The lowest BCUT2D eigenvalue weighted by molar-refractivity contribution is -0.0500. The Kier molecular flexibility index (Phi) is 6.30. The summed E-state index contributed by atoms with van der Waals surface area (Å²) in [6.45, 7) is 1.01. The predicted octanol–water partition coefficient (Wildman–Crippen LogP) is 2.62. The van der Waals surface area contributed by atoms with Crippen LogP contribution in [-0.2, 0) is 4.74 Å². The molecule has 6 nitrogen and oxygen atoms in total. The summed E-state index contributed by atoms with van der Waals surface area (Å²) in [4.78, 5) is 14.1. The van der Waals surface area contributed by atoms with Gasteiger partial charge in [-0.25, -0.2) is 13.8 Å². The molecule has 1 saturated heterocycles. The molecule has 0 spiro atoms. The summed E-state index contributed by atoms with van der Waals surface area (Å²) in [5.74, 6) is -2.93. The number of allylic oxidation sites excluding steroid dienone is 1. The second-order valence-electron chi connectivity index (χ2n) is 6.23. The molecule has 0 aliphatic carbocycles. The zero-order valence-corrected chi connectivity index (χ0v) is 15.4. The number of rotatable bonds is 6. The van der Waals surface area contributed by atoms with Crippen LogP contribution in [0.4, 0.5) is 8.78 Å². The number of aromatic nitrogens is 2. The van der Waals surface area contributed by atoms with E-state index < -0.39 is 12.5 Å². The molecule has 0 bridgehead atoms. The Morgan fingerprint density at radius 2 is 2.11 bits per heavy atom. The number of pyridine rings is 2. The Morgan fingerprint density at radius 1 is 1.33 bits per heavy atom. The van der Waals surface area contributed by atoms with Crippen LogP contribution in [0.2, 0.25) is 5.15 Å². The minimum atomic E-state index is -2.93. The third-order valence-electron chi connectivity index (χ3n) is 4.13. The summed E-state index contributed by atoms with van der Waals surface area (Å²) < 4.78 is 33.4. The van der Waals surface area contributed by atoms with Crippen molar-refractivity contribution in [3.05, 3.63) is 41.3 Å². The Labute approximate surface area is 160 Å². The van der Waals surface area contributed by atoms with Crippen molar-refractivity contribution in [2.75, 3.05) is 39.4 Å². The number of hydrogen-bond acceptors (Lipinski definition) is 6. The molecule has 0 aromatic carbocycles. The van der Waals surface area contributed by atoms with E-state index in [9.17, 15) is 8.78 Å². The van der Waals surface area contributed by atoms with Crippen molar-refractivity contribution in [2.24, 2.45) is 10.7 Å². The Morgan fingerprint density at radius 3 is 2.85 bits per heavy atom. The minimum absolute atomic E-state index is 0.338. The van der Waals surface area contributed by atoms with Gasteiger partial charge in [0.15, 0.2) is 0 Å². The first-order valence-corrected chi connectivity index (χ1v) is 8.87. The summed E-state index contributed by atoms with van der Waals surface area (Å²) in [5, 5.41) is 0.344. The van der Waals surface area contributed by atoms with E-state index in [0.29, 0.717) is 53.6 Å². The first-order valence-electron chi connectivity index (χ1n) is 8.49. The molecule has 0 radical (unpaired) electrons. The van der Waals surface area contributed by atoms with E-state index in [0.717, 1.165) is 0 Å². The number of ether oxygens (including phenoxy) is 1. The average Bonchev–Trinajstić information content (AvgIpc) is 2.65. The normalized spacial score (nSPS) is 17.1. The second kappa shape index (κ2) is 8.69. The summed E-state index contributed by atoms with van der Waals surface area (Å²) in [5.41, 5.74) is 8.01. The van der Waals surface area contributed by atoms with Gasteiger partial charge in [-0.1, -0.05) is 11.6 Å². The number of aliphatic imine (C=N–C) groups is 1. The number of halogens is 3. The van der Waals surface area contributed by atoms with Crippen molar-refractivity contribution in [1.29, 1.82) is 0 Å². The van der Waals surface area contributed by atoms with E-state index >= 15 is 0 Å². The number of hydrogen-bond donors (Lipinski definition) is 1. The van der Waals surface area contributed by atoms with Crippen molar-refractivity contribution in [1.82, 2.24) is 14.9 Å². The molecule has 3 heterocycles. The van der Waals surface area contributed by atoms with E-state index in [4.69, 9.17) is 22.1 Å². The lowest BCUT2D eigenvalue weighted by atomic mass is 10.1. The molecule has 2 N–H and O–H groups in total. The highest BCUT2D eigenvalue weighted by Gasteiger charge is 2.31. The van der Waals surface area contributed by atoms with Crippen LogP contribution in [0.25, 0.3) is 16.6 Å². The molecule has 1 aliphatic rings. The number of alkyl halides is 2. The third kappa shape index (κ3) is 5.41. The second-order valence-corrected chi connectivity index (χ2v) is 6.62. The Hall–Kier alpha value is -2.16. The van der Waals surface area contributed by atoms with E-state index in [1.54, 1.807) is 29.3 Å². The number of nitrogens with two attached hydrogens (primary N) is 1. The Bertz CT molecular complexity index is 853. The summed E-state index contributed by atoms with van der Waals surface area (Å²) in [7, 11) is 0. The molecule has 0 atom stereocenters. The topological polar surface area (TPSA) is 76.6 Å². The fourth-order valence-electron chi connectivity index (χ4n) is 2.77. The van der Waals surface area contributed by atoms with Crippen molar-refractivity contribution in [3.63, 3.8) is 0 Å². The van der Waals surface area contributed by atoms with E-state index in [1.165, 1.54) is 12.4 Å². The van der Waals surface area contributed by atoms with Crippen LogP contribution in [0.1, 0.15) is 5.56 Å². The monoisotopic (exact) mass is 395 g/mol. The molecule has 144 valence electrons. The summed E-state index contributed by atoms with van der Waals surface area (Å²) >= 11 is 5.90. The summed E-state index contributed by atoms with van der Waals surface area (Å²) in [6.07, 6.45) is 4.23. The molecule has 2 aromatic rings. The smallest absolute Gasteiger partial charge is 0.279 e. The van der Waals surface area contributed by atoms with Crippen LogP contribution in [0.5, 0.6) is 0 Å². The van der Waals surface area contributed by atoms with Crippen molar-refractivity contribution < 1.29 is 13.5 Å². The van der Waals surface area contributed by atoms with Crippen LogP contribution >= 0.6 is 11.6 Å². The average molecular weight is 396 g/mol. The SMILES string of the molecule is NC=C(C=NCC(F)(F)CN1CCOCC1)c1cnc2ccc(Cl)nc2c1. The molecule has 27 heavy (non-hydrogen) atoms. The predicted molar refractivity (Wildman–Crippen MR) is 102 cm³/mol. The molecule has 0 unspecified atom stereocenters. The highest BCUT2D eigenvalue weighted by Crippen LogP contribution is 2.20. The van der Waals surface area contributed by atoms with Gasteiger partial charge in [-0.15, -0.1) is 0 Å². The fraction of sp³-hybridized carbons (Fsp3) is 0.389. The van der Waals surface area contributed by atoms with E-state index in [-0.39, 0.29) is 6.54 Å². The third-order valence-corrected chi connectivity index (χ3v) is 4.34. The van der Waals surface area contributed by atoms with Gasteiger partial charge >= 0.3 is 0 Å². The maximum Gasteiger partial charge on any atom is 0.279 e. The zero-order valence-electron chi connectivity index (χ0n) is 14.6. The van der Waals surface area contributed by atoms with Gasteiger partial charge in [0.2, 0.25) is 0 Å². The summed E-state index contributed by atoms with van der Waals surface area (Å²) in [6, 6.07) is 5.14. The molecular weight excluding hydrogens is 376 g/mol. The molecule has 3 rings (SSSR count). The van der Waals surface area contributed by atoms with Crippen LogP contribution in [-0.4, -0.2) is 66.4 Å². The first-order chi connectivity index (χ1) is 13.0. The minimum Gasteiger partial charge on any atom is -0.404 e. The molecule has 0 saturated carbocycles. The van der Waals surface area contributed by atoms with Crippen LogP contribution in [0.3, 0.4) is 0 Å². The number of morpholine rings is 1. The maximum absolute atomic E-state index is 14.1. The van der Waals surface area contributed by atoms with Crippen molar-refractivity contribution >= 4 is 34.4 Å². The lowest BCUT2D eigenvalue weighted by Gasteiger charge is -2.29. The highest BCUT2D eigenvalue weighted by molar-refractivity contribution is 6.29. The molecule has 2 aromatic heterocycles. The van der Waals surface area contributed by atoms with Crippen LogP contribution in [0, 0.1) is 0 Å². The lowest BCUT2D eigenvalue weighted by Crippen LogP contribution is -2.44. The largest absolute Gasteiger partial charge is 0.404 e. The van der Waals surface area contributed by atoms with Gasteiger partial charge in [-0.05, 0) is 18.2 Å². The van der Waals surface area contributed by atoms with Gasteiger partial charge in [-0.2, -0.15) is 0 Å². The Balaban J connectivity index is 1.67. The number of nitrogens with zero attached hydrogens (tertiary/aromatic N) is 4. The maximum atomic E-state index is 14.1. The zero-order chi connectivity index (χ0) is 19.3. The standard InChI is InChI=1S/C18H20ClF2N5O/c19-17-2-1-15-16(25-17)7-13(10-24-15)14(8-22)9-23-11-18(20,21)12-26-3-5-27-6-4-26/h1-2,7-10H,3-6,11-12,22H2. The first kappa shape index (κ1) is 19.6. The molecule has 1 aliphatic heterocycles. The molecule has 0 amide bonds. The van der Waals surface area contributed by atoms with Gasteiger partial charge in [-0.3, -0.25) is 14.9 Å². The van der Waals surface area contributed by atoms with Gasteiger partial charge in [0, 0.05) is 42.8 Å². The number of fused-ring (bicyclic) bond motifs is 1.